The van der Waals surface area contributed by atoms with Crippen LogP contribution in [0.25, 0.3) is 0 Å². The highest BCUT2D eigenvalue weighted by molar-refractivity contribution is 5.96. The summed E-state index contributed by atoms with van der Waals surface area (Å²) in [6.45, 7) is 6.28. The Labute approximate surface area is 145 Å². The van der Waals surface area contributed by atoms with Gasteiger partial charge in [0.05, 0.1) is 11.6 Å². The number of hydrogen-bond donors (Lipinski definition) is 2. The van der Waals surface area contributed by atoms with Gasteiger partial charge in [0, 0.05) is 37.9 Å². The van der Waals surface area contributed by atoms with Gasteiger partial charge in [0.1, 0.15) is 11.6 Å². The number of phenols is 1. The molecule has 0 aliphatic carbocycles. The second-order valence-electron chi connectivity index (χ2n) is 6.29. The van der Waals surface area contributed by atoms with Crippen LogP contribution >= 0.6 is 0 Å². The number of piperazine rings is 1. The fourth-order valence-electron chi connectivity index (χ4n) is 3.11. The number of aromatic amines is 1. The summed E-state index contributed by atoms with van der Waals surface area (Å²) in [5.74, 6) is 0.489. The molecule has 1 saturated heterocycles. The van der Waals surface area contributed by atoms with E-state index < -0.39 is 0 Å². The number of carbonyl (C=O) groups is 1. The Hall–Kier alpha value is -2.67. The van der Waals surface area contributed by atoms with Crippen LogP contribution in [0.5, 0.6) is 5.75 Å². The van der Waals surface area contributed by atoms with Gasteiger partial charge in [0.15, 0.2) is 0 Å². The molecule has 2 aromatic rings. The molecule has 7 heteroatoms. The predicted molar refractivity (Wildman–Crippen MR) is 93.6 cm³/mol. The first-order valence-corrected chi connectivity index (χ1v) is 8.35. The summed E-state index contributed by atoms with van der Waals surface area (Å²) in [5.41, 5.74) is 0.871. The molecule has 1 atom stereocenters. The molecule has 3 rings (SSSR count). The van der Waals surface area contributed by atoms with E-state index in [0.29, 0.717) is 43.3 Å². The number of aryl methyl sites for hydroxylation is 1. The van der Waals surface area contributed by atoms with Crippen LogP contribution in [0.3, 0.4) is 0 Å². The van der Waals surface area contributed by atoms with E-state index in [1.54, 1.807) is 30.0 Å². The average molecular weight is 342 g/mol. The first-order valence-electron chi connectivity index (χ1n) is 8.35. The Morgan fingerprint density at radius 2 is 1.92 bits per heavy atom. The van der Waals surface area contributed by atoms with Gasteiger partial charge in [0.2, 0.25) is 0 Å². The van der Waals surface area contributed by atoms with Crippen molar-refractivity contribution in [3.05, 3.63) is 57.8 Å². The Morgan fingerprint density at radius 1 is 1.24 bits per heavy atom. The molecule has 2 N–H and O–H groups in total. The SMILES string of the molecule is Cc1cc(=O)[nH]c([C@@H](C)N2CCN(C(=O)c3ccccc3O)CC2)n1. The van der Waals surface area contributed by atoms with Gasteiger partial charge in [-0.3, -0.25) is 14.5 Å². The van der Waals surface area contributed by atoms with Crippen LogP contribution in [0.2, 0.25) is 0 Å². The molecule has 0 radical (unpaired) electrons. The zero-order valence-electron chi connectivity index (χ0n) is 14.4. The minimum absolute atomic E-state index is 0.00448. The maximum Gasteiger partial charge on any atom is 0.257 e. The van der Waals surface area contributed by atoms with E-state index in [0.717, 1.165) is 0 Å². The Morgan fingerprint density at radius 3 is 2.56 bits per heavy atom. The van der Waals surface area contributed by atoms with Crippen LogP contribution in [-0.4, -0.2) is 57.0 Å². The fourth-order valence-corrected chi connectivity index (χ4v) is 3.11. The summed E-state index contributed by atoms with van der Waals surface area (Å²) in [4.78, 5) is 35.3. The number of rotatable bonds is 3. The van der Waals surface area contributed by atoms with Crippen molar-refractivity contribution in [1.29, 1.82) is 0 Å². The van der Waals surface area contributed by atoms with Crippen molar-refractivity contribution >= 4 is 5.91 Å². The quantitative estimate of drug-likeness (QED) is 0.878. The summed E-state index contributed by atoms with van der Waals surface area (Å²) in [6.07, 6.45) is 0. The van der Waals surface area contributed by atoms with Crippen LogP contribution in [0.4, 0.5) is 0 Å². The first kappa shape index (κ1) is 17.2. The maximum absolute atomic E-state index is 12.5. The summed E-state index contributed by atoms with van der Waals surface area (Å²) < 4.78 is 0. The third-order valence-electron chi connectivity index (χ3n) is 4.57. The Bertz CT molecular complexity index is 825. The normalized spacial score (nSPS) is 16.6. The van der Waals surface area contributed by atoms with E-state index in [4.69, 9.17) is 0 Å². The lowest BCUT2D eigenvalue weighted by atomic mass is 10.1. The molecule has 1 amide bonds. The molecule has 1 aliphatic heterocycles. The van der Waals surface area contributed by atoms with E-state index in [1.807, 2.05) is 6.92 Å². The topological polar surface area (TPSA) is 89.5 Å². The molecular weight excluding hydrogens is 320 g/mol. The minimum Gasteiger partial charge on any atom is -0.507 e. The van der Waals surface area contributed by atoms with Gasteiger partial charge in [-0.15, -0.1) is 0 Å². The summed E-state index contributed by atoms with van der Waals surface area (Å²) in [6, 6.07) is 8.03. The standard InChI is InChI=1S/C18H22N4O3/c1-12-11-16(24)20-17(19-12)13(2)21-7-9-22(10-8-21)18(25)14-5-3-4-6-15(14)23/h3-6,11,13,23H,7-10H2,1-2H3,(H,19,20,24)/t13-/m1/s1. The molecule has 132 valence electrons. The third kappa shape index (κ3) is 3.71. The number of aromatic hydroxyl groups is 1. The van der Waals surface area contributed by atoms with E-state index in [9.17, 15) is 14.7 Å². The fraction of sp³-hybridized carbons (Fsp3) is 0.389. The molecule has 25 heavy (non-hydrogen) atoms. The maximum atomic E-state index is 12.5. The number of aromatic nitrogens is 2. The highest BCUT2D eigenvalue weighted by atomic mass is 16.3. The zero-order chi connectivity index (χ0) is 18.0. The highest BCUT2D eigenvalue weighted by Gasteiger charge is 2.27. The van der Waals surface area contributed by atoms with Crippen molar-refractivity contribution in [3.8, 4) is 5.75 Å². The van der Waals surface area contributed by atoms with Gasteiger partial charge in [-0.2, -0.15) is 0 Å². The summed E-state index contributed by atoms with van der Waals surface area (Å²) in [7, 11) is 0. The van der Waals surface area contributed by atoms with Gasteiger partial charge in [0.25, 0.3) is 11.5 Å². The van der Waals surface area contributed by atoms with Crippen LogP contribution in [-0.2, 0) is 0 Å². The highest BCUT2D eigenvalue weighted by Crippen LogP contribution is 2.21. The number of para-hydroxylation sites is 1. The van der Waals surface area contributed by atoms with Crippen LogP contribution in [0, 0.1) is 6.92 Å². The number of hydrogen-bond acceptors (Lipinski definition) is 5. The van der Waals surface area contributed by atoms with Crippen molar-refractivity contribution in [2.24, 2.45) is 0 Å². The lowest BCUT2D eigenvalue weighted by Gasteiger charge is -2.37. The number of nitrogens with one attached hydrogen (secondary N) is 1. The zero-order valence-corrected chi connectivity index (χ0v) is 14.4. The summed E-state index contributed by atoms with van der Waals surface area (Å²) in [5, 5.41) is 9.85. The van der Waals surface area contributed by atoms with Crippen LogP contribution < -0.4 is 5.56 Å². The van der Waals surface area contributed by atoms with Crippen molar-refractivity contribution < 1.29 is 9.90 Å². The Balaban J connectivity index is 1.66. The van der Waals surface area contributed by atoms with E-state index in [2.05, 4.69) is 14.9 Å². The largest absolute Gasteiger partial charge is 0.507 e. The predicted octanol–water partition coefficient (Wildman–Crippen LogP) is 1.30. The molecule has 0 unspecified atom stereocenters. The molecule has 0 spiro atoms. The lowest BCUT2D eigenvalue weighted by Crippen LogP contribution is -2.49. The van der Waals surface area contributed by atoms with Gasteiger partial charge in [-0.05, 0) is 26.0 Å². The molecular formula is C18H22N4O3. The van der Waals surface area contributed by atoms with E-state index in [1.165, 1.54) is 12.1 Å². The lowest BCUT2D eigenvalue weighted by molar-refractivity contribution is 0.0572. The minimum atomic E-state index is -0.160. The number of amides is 1. The molecule has 1 aromatic carbocycles. The molecule has 0 saturated carbocycles. The van der Waals surface area contributed by atoms with Gasteiger partial charge < -0.3 is 15.0 Å². The molecule has 1 aliphatic rings. The molecule has 1 fully saturated rings. The van der Waals surface area contributed by atoms with E-state index in [-0.39, 0.29) is 23.3 Å². The van der Waals surface area contributed by atoms with Crippen LogP contribution in [0.15, 0.2) is 35.1 Å². The Kier molecular flexibility index (Phi) is 4.85. The van der Waals surface area contributed by atoms with Crippen molar-refractivity contribution in [3.63, 3.8) is 0 Å². The number of benzene rings is 1. The smallest absolute Gasteiger partial charge is 0.257 e. The molecule has 7 nitrogen and oxygen atoms in total. The first-order chi connectivity index (χ1) is 12.0. The van der Waals surface area contributed by atoms with Crippen molar-refractivity contribution in [1.82, 2.24) is 19.8 Å². The second-order valence-corrected chi connectivity index (χ2v) is 6.29. The molecule has 0 bridgehead atoms. The van der Waals surface area contributed by atoms with Gasteiger partial charge in [-0.1, -0.05) is 12.1 Å². The monoisotopic (exact) mass is 342 g/mol. The van der Waals surface area contributed by atoms with Crippen molar-refractivity contribution in [2.45, 2.75) is 19.9 Å². The second kappa shape index (κ2) is 7.06. The number of nitrogens with zero attached hydrogens (tertiary/aromatic N) is 3. The van der Waals surface area contributed by atoms with Gasteiger partial charge in [-0.25, -0.2) is 4.98 Å². The summed E-state index contributed by atoms with van der Waals surface area (Å²) >= 11 is 0. The third-order valence-corrected chi connectivity index (χ3v) is 4.57. The van der Waals surface area contributed by atoms with Crippen LogP contribution in [0.1, 0.15) is 34.8 Å². The van der Waals surface area contributed by atoms with Crippen molar-refractivity contribution in [2.75, 3.05) is 26.2 Å². The number of carbonyl (C=O) groups excluding carboxylic acids is 1. The van der Waals surface area contributed by atoms with Gasteiger partial charge >= 0.3 is 0 Å². The average Bonchev–Trinajstić information content (AvgIpc) is 2.60. The molecule has 2 heterocycles. The molecule has 1 aromatic heterocycles. The van der Waals surface area contributed by atoms with E-state index >= 15 is 0 Å². The number of phenolic OH excluding ortho intramolecular Hbond substituents is 1. The number of H-pyrrole nitrogens is 1.